The number of amides is 1. The summed E-state index contributed by atoms with van der Waals surface area (Å²) in [5, 5.41) is 13.9. The number of alkyl halides is 3. The Hall–Kier alpha value is -2.29. The third-order valence-electron chi connectivity index (χ3n) is 3.22. The van der Waals surface area contributed by atoms with E-state index in [1.807, 2.05) is 0 Å². The van der Waals surface area contributed by atoms with Gasteiger partial charge in [0.1, 0.15) is 6.04 Å². The summed E-state index contributed by atoms with van der Waals surface area (Å²) >= 11 is 0. The third-order valence-corrected chi connectivity index (χ3v) is 3.22. The minimum absolute atomic E-state index is 0.120. The molecule has 1 aromatic rings. The van der Waals surface area contributed by atoms with E-state index in [2.05, 4.69) is 10.6 Å². The number of carbonyl (C=O) groups excluding carboxylic acids is 1. The number of unbranched alkanes of at least 4 members (excludes halogenated alkanes) is 1. The number of benzene rings is 1. The third kappa shape index (κ3) is 6.86. The summed E-state index contributed by atoms with van der Waals surface area (Å²) in [5.74, 6) is -1.79. The number of rotatable bonds is 9. The topological polar surface area (TPSA) is 104 Å². The number of halogens is 3. The van der Waals surface area contributed by atoms with Crippen molar-refractivity contribution in [2.75, 3.05) is 18.4 Å². The van der Waals surface area contributed by atoms with Crippen LogP contribution < -0.4 is 16.4 Å². The van der Waals surface area contributed by atoms with Crippen molar-refractivity contribution >= 4 is 17.6 Å². The van der Waals surface area contributed by atoms with E-state index >= 15 is 0 Å². The molecule has 0 heterocycles. The van der Waals surface area contributed by atoms with E-state index in [0.29, 0.717) is 19.4 Å². The van der Waals surface area contributed by atoms with Gasteiger partial charge in [0.25, 0.3) is 0 Å². The molecular formula is C15H20F3N3O3. The summed E-state index contributed by atoms with van der Waals surface area (Å²) in [7, 11) is 0. The number of anilines is 1. The van der Waals surface area contributed by atoms with Crippen LogP contribution in [0, 0.1) is 0 Å². The van der Waals surface area contributed by atoms with Crippen LogP contribution in [0.25, 0.3) is 0 Å². The predicted molar refractivity (Wildman–Crippen MR) is 82.4 cm³/mol. The first-order valence-electron chi connectivity index (χ1n) is 7.37. The lowest BCUT2D eigenvalue weighted by Gasteiger charge is -2.15. The molecule has 6 nitrogen and oxygen atoms in total. The van der Waals surface area contributed by atoms with Gasteiger partial charge in [-0.25, -0.2) is 4.79 Å². The van der Waals surface area contributed by atoms with Crippen molar-refractivity contribution in [3.8, 4) is 0 Å². The second kappa shape index (κ2) is 9.11. The number of hydrogen-bond acceptors (Lipinski definition) is 4. The van der Waals surface area contributed by atoms with Crippen LogP contribution in [-0.4, -0.2) is 36.1 Å². The molecule has 0 radical (unpaired) electrons. The summed E-state index contributed by atoms with van der Waals surface area (Å²) in [6.45, 7) is 0.0966. The fourth-order valence-electron chi connectivity index (χ4n) is 1.98. The molecule has 0 unspecified atom stereocenters. The van der Waals surface area contributed by atoms with Gasteiger partial charge in [-0.2, -0.15) is 13.2 Å². The first-order valence-corrected chi connectivity index (χ1v) is 7.37. The van der Waals surface area contributed by atoms with Crippen molar-refractivity contribution in [1.82, 2.24) is 5.32 Å². The van der Waals surface area contributed by atoms with Crippen molar-refractivity contribution in [2.45, 2.75) is 31.5 Å². The lowest BCUT2D eigenvalue weighted by molar-refractivity contribution is -0.141. The molecule has 0 saturated carbocycles. The Kier molecular flexibility index (Phi) is 7.50. The molecule has 0 fully saturated rings. The molecule has 9 heteroatoms. The van der Waals surface area contributed by atoms with Crippen molar-refractivity contribution in [3.05, 3.63) is 29.8 Å². The molecule has 0 spiro atoms. The summed E-state index contributed by atoms with van der Waals surface area (Å²) in [5.41, 5.74) is 4.61. The largest absolute Gasteiger partial charge is 0.480 e. The molecule has 1 rings (SSSR count). The quantitative estimate of drug-likeness (QED) is 0.510. The van der Waals surface area contributed by atoms with E-state index in [4.69, 9.17) is 10.8 Å². The molecule has 0 bridgehead atoms. The fraction of sp³-hybridized carbons (Fsp3) is 0.467. The highest BCUT2D eigenvalue weighted by atomic mass is 19.4. The lowest BCUT2D eigenvalue weighted by Crippen LogP contribution is -2.43. The van der Waals surface area contributed by atoms with E-state index in [1.165, 1.54) is 12.1 Å². The number of carbonyl (C=O) groups is 2. The van der Waals surface area contributed by atoms with Crippen molar-refractivity contribution in [3.63, 3.8) is 0 Å². The highest BCUT2D eigenvalue weighted by molar-refractivity contribution is 5.86. The Balaban J connectivity index is 2.54. The molecule has 134 valence electrons. The van der Waals surface area contributed by atoms with E-state index in [0.717, 1.165) is 12.1 Å². The Labute approximate surface area is 137 Å². The Morgan fingerprint density at radius 1 is 1.25 bits per heavy atom. The Bertz CT molecular complexity index is 564. The molecule has 1 atom stereocenters. The fourth-order valence-corrected chi connectivity index (χ4v) is 1.98. The van der Waals surface area contributed by atoms with Crippen LogP contribution in [-0.2, 0) is 15.8 Å². The zero-order valence-electron chi connectivity index (χ0n) is 12.9. The van der Waals surface area contributed by atoms with E-state index in [1.54, 1.807) is 0 Å². The molecule has 0 aliphatic rings. The number of hydrogen-bond donors (Lipinski definition) is 4. The maximum atomic E-state index is 12.6. The molecule has 0 saturated heterocycles. The molecule has 0 aliphatic heterocycles. The van der Waals surface area contributed by atoms with Gasteiger partial charge >= 0.3 is 12.1 Å². The van der Waals surface area contributed by atoms with Gasteiger partial charge in [-0.3, -0.25) is 4.79 Å². The number of nitrogens with one attached hydrogen (secondary N) is 2. The minimum atomic E-state index is -4.47. The van der Waals surface area contributed by atoms with Crippen molar-refractivity contribution < 1.29 is 27.9 Å². The lowest BCUT2D eigenvalue weighted by atomic mass is 10.1. The zero-order chi connectivity index (χ0) is 18.2. The maximum absolute atomic E-state index is 12.6. The number of carboxylic acids is 1. The molecule has 24 heavy (non-hydrogen) atoms. The van der Waals surface area contributed by atoms with Gasteiger partial charge in [0.15, 0.2) is 0 Å². The van der Waals surface area contributed by atoms with Crippen molar-refractivity contribution in [1.29, 1.82) is 0 Å². The Morgan fingerprint density at radius 2 is 1.96 bits per heavy atom. The highest BCUT2D eigenvalue weighted by Gasteiger charge is 2.30. The first-order chi connectivity index (χ1) is 11.2. The van der Waals surface area contributed by atoms with Crippen LogP contribution in [0.4, 0.5) is 18.9 Å². The first kappa shape index (κ1) is 19.8. The summed E-state index contributed by atoms with van der Waals surface area (Å²) in [6.07, 6.45) is -3.05. The van der Waals surface area contributed by atoms with E-state index < -0.39 is 29.7 Å². The monoisotopic (exact) mass is 347 g/mol. The van der Waals surface area contributed by atoms with Crippen LogP contribution in [0.5, 0.6) is 0 Å². The van der Waals surface area contributed by atoms with Crippen LogP contribution in [0.3, 0.4) is 0 Å². The zero-order valence-corrected chi connectivity index (χ0v) is 12.9. The molecule has 1 aromatic carbocycles. The number of nitrogens with two attached hydrogens (primary N) is 1. The van der Waals surface area contributed by atoms with E-state index in [9.17, 15) is 22.8 Å². The molecule has 0 aliphatic carbocycles. The normalized spacial score (nSPS) is 12.5. The smallest absolute Gasteiger partial charge is 0.416 e. The predicted octanol–water partition coefficient (Wildman–Crippen LogP) is 1.82. The second-order valence-electron chi connectivity index (χ2n) is 5.17. The van der Waals surface area contributed by atoms with Gasteiger partial charge in [-0.1, -0.05) is 6.07 Å². The van der Waals surface area contributed by atoms with Gasteiger partial charge in [0.2, 0.25) is 5.91 Å². The minimum Gasteiger partial charge on any atom is -0.480 e. The summed E-state index contributed by atoms with van der Waals surface area (Å²) in [4.78, 5) is 22.8. The van der Waals surface area contributed by atoms with Crippen LogP contribution in [0.15, 0.2) is 24.3 Å². The van der Waals surface area contributed by atoms with Gasteiger partial charge in [-0.05, 0) is 44.0 Å². The van der Waals surface area contributed by atoms with Gasteiger partial charge in [0.05, 0.1) is 12.1 Å². The average Bonchev–Trinajstić information content (AvgIpc) is 2.51. The number of carboxylic acid groups (broad SMARTS) is 1. The standard InChI is InChI=1S/C15H20F3N3O3/c16-15(17,18)10-4-3-5-11(8-10)20-9-13(22)21-12(14(23)24)6-1-2-7-19/h3-5,8,12,20H,1-2,6-7,9,19H2,(H,21,22)(H,23,24)/t12-/m0/s1. The van der Waals surface area contributed by atoms with Gasteiger partial charge < -0.3 is 21.5 Å². The molecule has 1 amide bonds. The SMILES string of the molecule is NCCCC[C@H](NC(=O)CNc1cccc(C(F)(F)F)c1)C(=O)O. The maximum Gasteiger partial charge on any atom is 0.416 e. The second-order valence-corrected chi connectivity index (χ2v) is 5.17. The van der Waals surface area contributed by atoms with Gasteiger partial charge in [0, 0.05) is 5.69 Å². The average molecular weight is 347 g/mol. The summed E-state index contributed by atoms with van der Waals surface area (Å²) < 4.78 is 37.8. The molecular weight excluding hydrogens is 327 g/mol. The molecule has 0 aromatic heterocycles. The van der Waals surface area contributed by atoms with Crippen LogP contribution in [0.1, 0.15) is 24.8 Å². The van der Waals surface area contributed by atoms with Crippen LogP contribution >= 0.6 is 0 Å². The highest BCUT2D eigenvalue weighted by Crippen LogP contribution is 2.30. The number of aliphatic carboxylic acids is 1. The van der Waals surface area contributed by atoms with E-state index in [-0.39, 0.29) is 18.7 Å². The van der Waals surface area contributed by atoms with Crippen LogP contribution in [0.2, 0.25) is 0 Å². The van der Waals surface area contributed by atoms with Gasteiger partial charge in [-0.15, -0.1) is 0 Å². The Morgan fingerprint density at radius 3 is 2.54 bits per heavy atom. The van der Waals surface area contributed by atoms with Crippen molar-refractivity contribution in [2.24, 2.45) is 5.73 Å². The molecule has 5 N–H and O–H groups in total. The summed E-state index contributed by atoms with van der Waals surface area (Å²) in [6, 6.07) is 3.35.